The molecule has 0 bridgehead atoms. The first-order valence-corrected chi connectivity index (χ1v) is 5.89. The van der Waals surface area contributed by atoms with E-state index < -0.39 is 0 Å². The van der Waals surface area contributed by atoms with Gasteiger partial charge in [0.15, 0.2) is 11.1 Å². The second-order valence-electron chi connectivity index (χ2n) is 4.13. The molecule has 0 radical (unpaired) electrons. The Labute approximate surface area is 109 Å². The van der Waals surface area contributed by atoms with Crippen molar-refractivity contribution in [2.75, 3.05) is 0 Å². The lowest BCUT2D eigenvalue weighted by molar-refractivity contribution is 0.0654. The number of rotatable bonds is 4. The van der Waals surface area contributed by atoms with Crippen LogP contribution in [0.1, 0.15) is 5.56 Å². The summed E-state index contributed by atoms with van der Waals surface area (Å²) in [6.07, 6.45) is 3.12. The molecule has 0 atom stereocenters. The molecule has 19 heavy (non-hydrogen) atoms. The first-order valence-electron chi connectivity index (χ1n) is 5.89. The van der Waals surface area contributed by atoms with Crippen LogP contribution in [0.3, 0.4) is 0 Å². The first-order chi connectivity index (χ1) is 9.34. The summed E-state index contributed by atoms with van der Waals surface area (Å²) in [5.74, 6) is 0. The lowest BCUT2D eigenvalue weighted by Crippen LogP contribution is -2.14. The predicted octanol–water partition coefficient (Wildman–Crippen LogP) is 1.41. The number of hydrogen-bond donors (Lipinski definition) is 2. The Hall–Kier alpha value is -2.47. The smallest absolute Gasteiger partial charge is 0.173 e. The molecule has 0 spiro atoms. The summed E-state index contributed by atoms with van der Waals surface area (Å²) in [6, 6.07) is 9.96. The third-order valence-electron chi connectivity index (χ3n) is 2.80. The van der Waals surface area contributed by atoms with Gasteiger partial charge in [-0.2, -0.15) is 0 Å². The van der Waals surface area contributed by atoms with E-state index in [2.05, 4.69) is 15.0 Å². The average Bonchev–Trinajstić information content (AvgIpc) is 2.93. The van der Waals surface area contributed by atoms with Crippen molar-refractivity contribution in [3.05, 3.63) is 54.0 Å². The highest BCUT2D eigenvalue weighted by atomic mass is 16.5. The fourth-order valence-electron chi connectivity index (χ4n) is 1.86. The van der Waals surface area contributed by atoms with Crippen LogP contribution >= 0.6 is 0 Å². The van der Waals surface area contributed by atoms with Crippen LogP contribution < -0.4 is 5.49 Å². The summed E-state index contributed by atoms with van der Waals surface area (Å²) in [5.41, 5.74) is 2.59. The standard InChI is InChI=1S/C13H13N5O/c14-12-11-13(16-7-15-11)18(8-17-12)9-19-6-10-4-2-1-3-5-10/h1-5,7-8,14H,6,9H2,(H,15,16). The minimum absolute atomic E-state index is 0.187. The number of H-pyrrole nitrogens is 1. The molecule has 0 saturated carbocycles. The number of aromatic amines is 1. The molecule has 0 amide bonds. The van der Waals surface area contributed by atoms with E-state index in [4.69, 9.17) is 10.1 Å². The molecular weight excluding hydrogens is 242 g/mol. The van der Waals surface area contributed by atoms with Gasteiger partial charge in [0, 0.05) is 0 Å². The molecule has 0 aliphatic carbocycles. The average molecular weight is 255 g/mol. The fraction of sp³-hybridized carbons (Fsp3) is 0.154. The Morgan fingerprint density at radius 3 is 2.89 bits per heavy atom. The number of benzene rings is 1. The Kier molecular flexibility index (Phi) is 3.07. The van der Waals surface area contributed by atoms with Gasteiger partial charge in [-0.1, -0.05) is 30.3 Å². The maximum absolute atomic E-state index is 7.65. The molecule has 6 heteroatoms. The Bertz CT molecular complexity index is 731. The number of nitrogens with zero attached hydrogens (tertiary/aromatic N) is 3. The van der Waals surface area contributed by atoms with Gasteiger partial charge in [0.1, 0.15) is 18.6 Å². The van der Waals surface area contributed by atoms with Crippen LogP contribution in [0, 0.1) is 5.41 Å². The zero-order valence-corrected chi connectivity index (χ0v) is 10.2. The van der Waals surface area contributed by atoms with Crippen molar-refractivity contribution >= 4 is 11.2 Å². The number of fused-ring (bicyclic) bond motifs is 1. The lowest BCUT2D eigenvalue weighted by atomic mass is 10.2. The second kappa shape index (κ2) is 5.03. The molecule has 2 heterocycles. The second-order valence-corrected chi connectivity index (χ2v) is 4.13. The van der Waals surface area contributed by atoms with Crippen LogP contribution in [0.5, 0.6) is 0 Å². The zero-order valence-electron chi connectivity index (χ0n) is 10.2. The number of nitrogens with one attached hydrogen (secondary N) is 2. The number of imidazole rings is 1. The van der Waals surface area contributed by atoms with Gasteiger partial charge in [0.25, 0.3) is 0 Å². The highest BCUT2D eigenvalue weighted by Gasteiger charge is 2.04. The molecule has 3 rings (SSSR count). The minimum Gasteiger partial charge on any atom is -0.356 e. The van der Waals surface area contributed by atoms with Gasteiger partial charge in [-0.15, -0.1) is 0 Å². The zero-order chi connectivity index (χ0) is 13.1. The number of aromatic nitrogens is 4. The largest absolute Gasteiger partial charge is 0.356 e. The van der Waals surface area contributed by atoms with Gasteiger partial charge < -0.3 is 9.72 Å². The quantitative estimate of drug-likeness (QED) is 0.739. The van der Waals surface area contributed by atoms with E-state index in [1.54, 1.807) is 17.2 Å². The molecule has 0 saturated heterocycles. The predicted molar refractivity (Wildman–Crippen MR) is 69.0 cm³/mol. The van der Waals surface area contributed by atoms with Crippen molar-refractivity contribution in [2.24, 2.45) is 0 Å². The van der Waals surface area contributed by atoms with Crippen LogP contribution in [0.25, 0.3) is 11.2 Å². The summed E-state index contributed by atoms with van der Waals surface area (Å²) in [5, 5.41) is 7.65. The highest BCUT2D eigenvalue weighted by Crippen LogP contribution is 2.05. The Morgan fingerprint density at radius 2 is 2.05 bits per heavy atom. The molecule has 6 nitrogen and oxygen atoms in total. The molecule has 1 aromatic carbocycles. The molecular formula is C13H13N5O. The third kappa shape index (κ3) is 2.38. The van der Waals surface area contributed by atoms with E-state index in [0.717, 1.165) is 5.56 Å². The van der Waals surface area contributed by atoms with Crippen molar-refractivity contribution in [2.45, 2.75) is 13.3 Å². The van der Waals surface area contributed by atoms with Gasteiger partial charge in [-0.25, -0.2) is 9.97 Å². The monoisotopic (exact) mass is 255 g/mol. The van der Waals surface area contributed by atoms with E-state index >= 15 is 0 Å². The Balaban J connectivity index is 1.74. The first kappa shape index (κ1) is 11.6. The topological polar surface area (TPSA) is 79.6 Å². The van der Waals surface area contributed by atoms with Crippen LogP contribution in [-0.2, 0) is 18.1 Å². The molecule has 0 fully saturated rings. The van der Waals surface area contributed by atoms with Gasteiger partial charge in [0.05, 0.1) is 12.9 Å². The van der Waals surface area contributed by atoms with E-state index in [1.165, 1.54) is 0 Å². The van der Waals surface area contributed by atoms with E-state index in [9.17, 15) is 0 Å². The molecule has 0 aliphatic heterocycles. The van der Waals surface area contributed by atoms with Crippen molar-refractivity contribution in [1.82, 2.24) is 19.5 Å². The van der Waals surface area contributed by atoms with Gasteiger partial charge in [0.2, 0.25) is 0 Å². The molecule has 3 aromatic rings. The summed E-state index contributed by atoms with van der Waals surface area (Å²) in [4.78, 5) is 11.1. The minimum atomic E-state index is 0.187. The maximum Gasteiger partial charge on any atom is 0.173 e. The fourth-order valence-corrected chi connectivity index (χ4v) is 1.86. The SMILES string of the molecule is N=c1ncn(COCc2ccccc2)c2nc[nH]c12. The van der Waals surface area contributed by atoms with Crippen molar-refractivity contribution in [3.63, 3.8) is 0 Å². The third-order valence-corrected chi connectivity index (χ3v) is 2.80. The molecule has 2 aromatic heterocycles. The number of ether oxygens (including phenoxy) is 1. The summed E-state index contributed by atoms with van der Waals surface area (Å²) in [6.45, 7) is 0.881. The lowest BCUT2D eigenvalue weighted by Gasteiger charge is -2.08. The van der Waals surface area contributed by atoms with E-state index in [-0.39, 0.29) is 5.49 Å². The van der Waals surface area contributed by atoms with Crippen LogP contribution in [0.15, 0.2) is 43.0 Å². The summed E-state index contributed by atoms with van der Waals surface area (Å²) >= 11 is 0. The molecule has 2 N–H and O–H groups in total. The van der Waals surface area contributed by atoms with Crippen molar-refractivity contribution in [1.29, 1.82) is 5.41 Å². The normalized spacial score (nSPS) is 10.9. The van der Waals surface area contributed by atoms with Crippen LogP contribution in [-0.4, -0.2) is 19.5 Å². The summed E-state index contributed by atoms with van der Waals surface area (Å²) in [7, 11) is 0. The maximum atomic E-state index is 7.65. The van der Waals surface area contributed by atoms with Gasteiger partial charge >= 0.3 is 0 Å². The molecule has 0 aliphatic rings. The molecule has 96 valence electrons. The molecule has 0 unspecified atom stereocenters. The van der Waals surface area contributed by atoms with Gasteiger partial charge in [-0.05, 0) is 5.56 Å². The Morgan fingerprint density at radius 1 is 1.21 bits per heavy atom. The van der Waals surface area contributed by atoms with E-state index in [1.807, 2.05) is 30.3 Å². The van der Waals surface area contributed by atoms with E-state index in [0.29, 0.717) is 24.5 Å². The summed E-state index contributed by atoms with van der Waals surface area (Å²) < 4.78 is 7.40. The van der Waals surface area contributed by atoms with Crippen molar-refractivity contribution < 1.29 is 4.74 Å². The van der Waals surface area contributed by atoms with Crippen LogP contribution in [0.2, 0.25) is 0 Å². The van der Waals surface area contributed by atoms with Gasteiger partial charge in [-0.3, -0.25) is 9.98 Å². The highest BCUT2D eigenvalue weighted by molar-refractivity contribution is 5.67. The number of hydrogen-bond acceptors (Lipinski definition) is 4. The van der Waals surface area contributed by atoms with Crippen molar-refractivity contribution in [3.8, 4) is 0 Å². The van der Waals surface area contributed by atoms with Crippen LogP contribution in [0.4, 0.5) is 0 Å².